The minimum absolute atomic E-state index is 0.166. The van der Waals surface area contributed by atoms with Crippen molar-refractivity contribution in [2.45, 2.75) is 19.4 Å². The van der Waals surface area contributed by atoms with Crippen molar-refractivity contribution in [2.75, 3.05) is 6.54 Å². The lowest BCUT2D eigenvalue weighted by atomic mass is 10.0. The zero-order valence-corrected chi connectivity index (χ0v) is 13.6. The molecule has 0 aliphatic carbocycles. The van der Waals surface area contributed by atoms with E-state index in [1.54, 1.807) is 17.6 Å². The molecule has 0 aliphatic heterocycles. The summed E-state index contributed by atoms with van der Waals surface area (Å²) in [5.41, 5.74) is 2.48. The van der Waals surface area contributed by atoms with Crippen LogP contribution in [0, 0.1) is 0 Å². The van der Waals surface area contributed by atoms with E-state index in [-0.39, 0.29) is 6.04 Å². The summed E-state index contributed by atoms with van der Waals surface area (Å²) in [5.74, 6) is 0. The average Bonchev–Trinajstić information content (AvgIpc) is 3.07. The molecule has 0 bridgehead atoms. The van der Waals surface area contributed by atoms with Gasteiger partial charge in [-0.15, -0.1) is 11.3 Å². The van der Waals surface area contributed by atoms with Crippen molar-refractivity contribution in [1.29, 1.82) is 0 Å². The molecular formula is C16H16BrNOS. The summed E-state index contributed by atoms with van der Waals surface area (Å²) in [4.78, 5) is 0. The molecule has 0 saturated heterocycles. The molecule has 104 valence electrons. The first kappa shape index (κ1) is 13.9. The predicted octanol–water partition coefficient (Wildman–Crippen LogP) is 5.35. The Morgan fingerprint density at radius 1 is 1.25 bits per heavy atom. The second-order valence-electron chi connectivity index (χ2n) is 4.72. The van der Waals surface area contributed by atoms with E-state index in [0.717, 1.165) is 23.2 Å². The summed E-state index contributed by atoms with van der Waals surface area (Å²) in [5, 5.41) is 7.19. The number of fused-ring (bicyclic) bond motifs is 1. The standard InChI is InChI=1S/C16H16BrNOS/c1-2-8-18-15(12-7-9-19-16(12)17)13-10-20-14-6-4-3-5-11(13)14/h3-7,9-10,15,18H,2,8H2,1H3. The van der Waals surface area contributed by atoms with Crippen LogP contribution in [0.15, 0.2) is 51.1 Å². The average molecular weight is 350 g/mol. The van der Waals surface area contributed by atoms with Crippen molar-refractivity contribution >= 4 is 37.4 Å². The Labute approximate surface area is 130 Å². The SMILES string of the molecule is CCCNC(c1ccoc1Br)c1csc2ccccc12. The lowest BCUT2D eigenvalue weighted by Crippen LogP contribution is -2.22. The number of hydrogen-bond acceptors (Lipinski definition) is 3. The molecule has 1 atom stereocenters. The number of furan rings is 1. The molecule has 1 unspecified atom stereocenters. The topological polar surface area (TPSA) is 25.2 Å². The normalized spacial score (nSPS) is 12.9. The molecule has 0 spiro atoms. The van der Waals surface area contributed by atoms with Gasteiger partial charge in [-0.3, -0.25) is 0 Å². The van der Waals surface area contributed by atoms with Gasteiger partial charge in [0.2, 0.25) is 0 Å². The van der Waals surface area contributed by atoms with E-state index in [0.29, 0.717) is 0 Å². The summed E-state index contributed by atoms with van der Waals surface area (Å²) in [6.07, 6.45) is 2.84. The Kier molecular flexibility index (Phi) is 4.24. The van der Waals surface area contributed by atoms with Gasteiger partial charge in [0.25, 0.3) is 0 Å². The maximum Gasteiger partial charge on any atom is 0.174 e. The van der Waals surface area contributed by atoms with Gasteiger partial charge in [-0.1, -0.05) is 25.1 Å². The van der Waals surface area contributed by atoms with Gasteiger partial charge in [0.05, 0.1) is 12.3 Å². The Balaban J connectivity index is 2.07. The zero-order chi connectivity index (χ0) is 13.9. The van der Waals surface area contributed by atoms with Crippen LogP contribution in [0.4, 0.5) is 0 Å². The lowest BCUT2D eigenvalue weighted by molar-refractivity contribution is 0.524. The van der Waals surface area contributed by atoms with Gasteiger partial charge in [0.15, 0.2) is 4.67 Å². The van der Waals surface area contributed by atoms with E-state index >= 15 is 0 Å². The molecule has 2 aromatic heterocycles. The van der Waals surface area contributed by atoms with E-state index in [9.17, 15) is 0 Å². The molecule has 0 fully saturated rings. The molecule has 1 aromatic carbocycles. The summed E-state index contributed by atoms with van der Waals surface area (Å²) in [7, 11) is 0. The molecule has 3 aromatic rings. The van der Waals surface area contributed by atoms with Crippen LogP contribution in [0.5, 0.6) is 0 Å². The molecule has 1 N–H and O–H groups in total. The molecule has 2 nitrogen and oxygen atoms in total. The Bertz CT molecular complexity index is 703. The third-order valence-corrected chi connectivity index (χ3v) is 5.00. The highest BCUT2D eigenvalue weighted by molar-refractivity contribution is 9.10. The minimum Gasteiger partial charge on any atom is -0.457 e. The Morgan fingerprint density at radius 2 is 2.10 bits per heavy atom. The van der Waals surface area contributed by atoms with Crippen LogP contribution in [0.2, 0.25) is 0 Å². The molecule has 0 aliphatic rings. The third-order valence-electron chi connectivity index (χ3n) is 3.38. The zero-order valence-electron chi connectivity index (χ0n) is 11.2. The van der Waals surface area contributed by atoms with Crippen LogP contribution in [0.1, 0.15) is 30.5 Å². The fourth-order valence-corrected chi connectivity index (χ4v) is 3.86. The van der Waals surface area contributed by atoms with Crippen molar-refractivity contribution in [2.24, 2.45) is 0 Å². The van der Waals surface area contributed by atoms with Crippen LogP contribution in [-0.2, 0) is 0 Å². The Hall–Kier alpha value is -1.10. The number of nitrogens with one attached hydrogen (secondary N) is 1. The molecule has 0 saturated carbocycles. The summed E-state index contributed by atoms with van der Waals surface area (Å²) in [6.45, 7) is 3.16. The second kappa shape index (κ2) is 6.12. The number of thiophene rings is 1. The van der Waals surface area contributed by atoms with Crippen molar-refractivity contribution in [1.82, 2.24) is 5.32 Å². The third kappa shape index (κ3) is 2.55. The van der Waals surface area contributed by atoms with Crippen LogP contribution in [0.25, 0.3) is 10.1 Å². The first-order chi connectivity index (χ1) is 9.81. The van der Waals surface area contributed by atoms with Crippen LogP contribution < -0.4 is 5.32 Å². The summed E-state index contributed by atoms with van der Waals surface area (Å²) in [6, 6.07) is 10.7. The van der Waals surface area contributed by atoms with Gasteiger partial charge in [-0.2, -0.15) is 0 Å². The van der Waals surface area contributed by atoms with Gasteiger partial charge in [-0.05, 0) is 57.4 Å². The maximum absolute atomic E-state index is 5.42. The Morgan fingerprint density at radius 3 is 2.85 bits per heavy atom. The highest BCUT2D eigenvalue weighted by atomic mass is 79.9. The predicted molar refractivity (Wildman–Crippen MR) is 88.4 cm³/mol. The van der Waals surface area contributed by atoms with Crippen molar-refractivity contribution in [3.63, 3.8) is 0 Å². The highest BCUT2D eigenvalue weighted by Gasteiger charge is 2.21. The molecule has 2 heterocycles. The second-order valence-corrected chi connectivity index (χ2v) is 6.36. The van der Waals surface area contributed by atoms with Crippen molar-refractivity contribution < 1.29 is 4.42 Å². The number of hydrogen-bond donors (Lipinski definition) is 1. The van der Waals surface area contributed by atoms with Crippen LogP contribution >= 0.6 is 27.3 Å². The summed E-state index contributed by atoms with van der Waals surface area (Å²) >= 11 is 5.30. The smallest absolute Gasteiger partial charge is 0.174 e. The van der Waals surface area contributed by atoms with Gasteiger partial charge in [0.1, 0.15) is 0 Å². The fraction of sp³-hybridized carbons (Fsp3) is 0.250. The molecule has 20 heavy (non-hydrogen) atoms. The number of benzene rings is 1. The highest BCUT2D eigenvalue weighted by Crippen LogP contribution is 2.36. The fourth-order valence-electron chi connectivity index (χ4n) is 2.41. The number of halogens is 1. The molecule has 3 rings (SSSR count). The van der Waals surface area contributed by atoms with E-state index in [2.05, 4.69) is 57.8 Å². The molecule has 4 heteroatoms. The quantitative estimate of drug-likeness (QED) is 0.671. The summed E-state index contributed by atoms with van der Waals surface area (Å²) < 4.78 is 7.55. The largest absolute Gasteiger partial charge is 0.457 e. The monoisotopic (exact) mass is 349 g/mol. The first-order valence-corrected chi connectivity index (χ1v) is 8.41. The van der Waals surface area contributed by atoms with Gasteiger partial charge < -0.3 is 9.73 Å². The molecular weight excluding hydrogens is 334 g/mol. The minimum atomic E-state index is 0.166. The van der Waals surface area contributed by atoms with E-state index < -0.39 is 0 Å². The van der Waals surface area contributed by atoms with Crippen molar-refractivity contribution in [3.05, 3.63) is 57.8 Å². The van der Waals surface area contributed by atoms with Crippen LogP contribution in [-0.4, -0.2) is 6.54 Å². The first-order valence-electron chi connectivity index (χ1n) is 6.73. The lowest BCUT2D eigenvalue weighted by Gasteiger charge is -2.17. The maximum atomic E-state index is 5.42. The molecule has 0 amide bonds. The van der Waals surface area contributed by atoms with E-state index in [4.69, 9.17) is 4.42 Å². The van der Waals surface area contributed by atoms with Gasteiger partial charge in [-0.25, -0.2) is 0 Å². The van der Waals surface area contributed by atoms with Crippen LogP contribution in [0.3, 0.4) is 0 Å². The number of rotatable bonds is 5. The molecule has 0 radical (unpaired) electrons. The van der Waals surface area contributed by atoms with Gasteiger partial charge in [0, 0.05) is 10.3 Å². The van der Waals surface area contributed by atoms with E-state index in [1.165, 1.54) is 15.6 Å². The van der Waals surface area contributed by atoms with Gasteiger partial charge >= 0.3 is 0 Å². The van der Waals surface area contributed by atoms with E-state index in [1.807, 2.05) is 6.07 Å². The van der Waals surface area contributed by atoms with Crippen molar-refractivity contribution in [3.8, 4) is 0 Å².